The molecule has 1 fully saturated rings. The lowest BCUT2D eigenvalue weighted by molar-refractivity contribution is -0.120. The van der Waals surface area contributed by atoms with Crippen LogP contribution in [0.5, 0.6) is 0 Å². The number of hydrogen-bond donors (Lipinski definition) is 3. The summed E-state index contributed by atoms with van der Waals surface area (Å²) in [6.07, 6.45) is 11.5. The number of pyridine rings is 3. The van der Waals surface area contributed by atoms with Gasteiger partial charge in [0.1, 0.15) is 22.6 Å². The predicted octanol–water partition coefficient (Wildman–Crippen LogP) is 6.65. The largest absolute Gasteiger partial charge is 0.336 e. The van der Waals surface area contributed by atoms with Crippen LogP contribution in [-0.4, -0.2) is 41.0 Å². The third-order valence-corrected chi connectivity index (χ3v) is 8.41. The van der Waals surface area contributed by atoms with Crippen molar-refractivity contribution in [3.8, 4) is 33.3 Å². The van der Waals surface area contributed by atoms with E-state index in [1.54, 1.807) is 36.0 Å². The number of carbonyl (C=O) groups is 1. The highest BCUT2D eigenvalue weighted by atomic mass is 32.1. The molecular weight excluding hydrogens is 527 g/mol. The number of amides is 1. The SMILES string of the molecule is Cc1ccc(-c2nccc3[nH]c(-c4n[nH]c5cnc(-c6cncc(NC(=O)C7CCCCC7)c6)c(F)c45)nc23)s1. The highest BCUT2D eigenvalue weighted by Crippen LogP contribution is 2.35. The molecule has 1 saturated carbocycles. The van der Waals surface area contributed by atoms with Gasteiger partial charge in [-0.05, 0) is 44.0 Å². The Kier molecular flexibility index (Phi) is 6.07. The van der Waals surface area contributed by atoms with Gasteiger partial charge in [0.2, 0.25) is 5.91 Å². The van der Waals surface area contributed by atoms with E-state index in [2.05, 4.69) is 35.5 Å². The summed E-state index contributed by atoms with van der Waals surface area (Å²) in [6.45, 7) is 2.05. The van der Waals surface area contributed by atoms with Crippen molar-refractivity contribution in [1.82, 2.24) is 35.1 Å². The van der Waals surface area contributed by atoms with Crippen LogP contribution < -0.4 is 5.32 Å². The van der Waals surface area contributed by atoms with Crippen LogP contribution in [-0.2, 0) is 4.79 Å². The number of thiophene rings is 1. The average molecular weight is 553 g/mol. The van der Waals surface area contributed by atoms with E-state index in [0.29, 0.717) is 33.8 Å². The molecule has 6 aromatic rings. The Morgan fingerprint density at radius 2 is 1.90 bits per heavy atom. The summed E-state index contributed by atoms with van der Waals surface area (Å²) in [5.74, 6) is -0.144. The van der Waals surface area contributed by atoms with Crippen molar-refractivity contribution in [1.29, 1.82) is 0 Å². The number of aryl methyl sites for hydroxylation is 1. The number of hydrogen-bond acceptors (Lipinski definition) is 7. The smallest absolute Gasteiger partial charge is 0.227 e. The van der Waals surface area contributed by atoms with E-state index in [-0.39, 0.29) is 22.9 Å². The molecule has 11 heteroatoms. The van der Waals surface area contributed by atoms with Crippen molar-refractivity contribution in [3.05, 3.63) is 59.7 Å². The van der Waals surface area contributed by atoms with Gasteiger partial charge in [-0.25, -0.2) is 9.37 Å². The van der Waals surface area contributed by atoms with Crippen molar-refractivity contribution in [2.75, 3.05) is 5.32 Å². The number of fused-ring (bicyclic) bond motifs is 2. The van der Waals surface area contributed by atoms with Crippen LogP contribution in [0.4, 0.5) is 10.1 Å². The molecule has 0 atom stereocenters. The second-order valence-electron chi connectivity index (χ2n) is 10.1. The van der Waals surface area contributed by atoms with E-state index in [1.807, 2.05) is 25.1 Å². The average Bonchev–Trinajstić information content (AvgIpc) is 3.72. The molecule has 0 saturated heterocycles. The van der Waals surface area contributed by atoms with Gasteiger partial charge in [0, 0.05) is 28.8 Å². The zero-order valence-electron chi connectivity index (χ0n) is 21.7. The lowest BCUT2D eigenvalue weighted by atomic mass is 9.88. The minimum absolute atomic E-state index is 0.000436. The zero-order valence-corrected chi connectivity index (χ0v) is 22.5. The molecule has 3 N–H and O–H groups in total. The molecule has 1 aliphatic rings. The Hall–Kier alpha value is -4.51. The quantitative estimate of drug-likeness (QED) is 0.220. The van der Waals surface area contributed by atoms with Crippen LogP contribution in [0.1, 0.15) is 37.0 Å². The molecule has 0 bridgehead atoms. The molecule has 0 radical (unpaired) electrons. The fourth-order valence-corrected chi connectivity index (χ4v) is 6.25. The molecule has 0 aromatic carbocycles. The molecule has 7 rings (SSSR count). The van der Waals surface area contributed by atoms with Gasteiger partial charge in [0.05, 0.1) is 39.4 Å². The van der Waals surface area contributed by atoms with Gasteiger partial charge < -0.3 is 10.3 Å². The summed E-state index contributed by atoms with van der Waals surface area (Å²) in [7, 11) is 0. The van der Waals surface area contributed by atoms with Crippen molar-refractivity contribution >= 4 is 44.9 Å². The molecule has 0 unspecified atom stereocenters. The number of H-pyrrole nitrogens is 2. The van der Waals surface area contributed by atoms with Gasteiger partial charge in [0.25, 0.3) is 0 Å². The van der Waals surface area contributed by atoms with Crippen LogP contribution in [0.3, 0.4) is 0 Å². The number of nitrogens with zero attached hydrogens (tertiary/aromatic N) is 5. The molecule has 6 heterocycles. The highest BCUT2D eigenvalue weighted by molar-refractivity contribution is 7.15. The number of imidazole rings is 1. The lowest BCUT2D eigenvalue weighted by Crippen LogP contribution is -2.24. The van der Waals surface area contributed by atoms with Crippen molar-refractivity contribution in [2.24, 2.45) is 5.92 Å². The topological polar surface area (TPSA) is 125 Å². The maximum Gasteiger partial charge on any atom is 0.227 e. The summed E-state index contributed by atoms with van der Waals surface area (Å²) < 4.78 is 16.1. The second kappa shape index (κ2) is 9.91. The Balaban J connectivity index is 1.26. The third kappa shape index (κ3) is 4.32. The summed E-state index contributed by atoms with van der Waals surface area (Å²) in [5, 5.41) is 10.5. The number of carbonyl (C=O) groups excluding carboxylic acids is 1. The first kappa shape index (κ1) is 24.5. The van der Waals surface area contributed by atoms with Crippen molar-refractivity contribution in [3.63, 3.8) is 0 Å². The van der Waals surface area contributed by atoms with Crippen LogP contribution in [0.15, 0.2) is 49.1 Å². The Labute approximate surface area is 232 Å². The molecule has 6 aromatic heterocycles. The van der Waals surface area contributed by atoms with E-state index in [4.69, 9.17) is 4.98 Å². The number of aromatic amines is 2. The Morgan fingerprint density at radius 3 is 2.73 bits per heavy atom. The lowest BCUT2D eigenvalue weighted by Gasteiger charge is -2.20. The van der Waals surface area contributed by atoms with E-state index >= 15 is 4.39 Å². The third-order valence-electron chi connectivity index (χ3n) is 7.40. The standard InChI is InChI=1S/C29H25FN8OS/c1-15-7-8-21(40-15)26-25-19(9-10-32-26)35-28(36-25)27-22-20(37-38-27)14-33-24(23(22)30)17-11-18(13-31-12-17)34-29(39)16-5-3-2-4-6-16/h7-14,16H,2-6H2,1H3,(H,34,39)(H,35,36)(H,37,38). The minimum Gasteiger partial charge on any atom is -0.336 e. The van der Waals surface area contributed by atoms with Crippen molar-refractivity contribution in [2.45, 2.75) is 39.0 Å². The molecule has 0 spiro atoms. The number of anilines is 1. The number of halogens is 1. The molecule has 200 valence electrons. The molecular formula is C29H25FN8OS. The Bertz CT molecular complexity index is 1880. The number of rotatable bonds is 5. The van der Waals surface area contributed by atoms with E-state index in [0.717, 1.165) is 41.8 Å². The fraction of sp³-hybridized carbons (Fsp3) is 0.241. The summed E-state index contributed by atoms with van der Waals surface area (Å²) in [6, 6.07) is 7.61. The van der Waals surface area contributed by atoms with Gasteiger partial charge in [-0.15, -0.1) is 11.3 Å². The predicted molar refractivity (Wildman–Crippen MR) is 153 cm³/mol. The molecule has 0 aliphatic heterocycles. The summed E-state index contributed by atoms with van der Waals surface area (Å²) in [4.78, 5) is 36.2. The molecule has 1 amide bonds. The number of nitrogens with one attached hydrogen (secondary N) is 3. The van der Waals surface area contributed by atoms with Crippen LogP contribution in [0, 0.1) is 18.7 Å². The van der Waals surface area contributed by atoms with Crippen molar-refractivity contribution < 1.29 is 9.18 Å². The van der Waals surface area contributed by atoms with Crippen LogP contribution >= 0.6 is 11.3 Å². The number of aromatic nitrogens is 7. The van der Waals surface area contributed by atoms with Gasteiger partial charge in [-0.1, -0.05) is 19.3 Å². The fourth-order valence-electron chi connectivity index (χ4n) is 5.38. The van der Waals surface area contributed by atoms with Crippen LogP contribution in [0.2, 0.25) is 0 Å². The van der Waals surface area contributed by atoms with E-state index < -0.39 is 5.82 Å². The molecule has 9 nitrogen and oxygen atoms in total. The monoisotopic (exact) mass is 552 g/mol. The highest BCUT2D eigenvalue weighted by Gasteiger charge is 2.23. The molecule has 40 heavy (non-hydrogen) atoms. The maximum atomic E-state index is 16.1. The summed E-state index contributed by atoms with van der Waals surface area (Å²) >= 11 is 1.64. The maximum absolute atomic E-state index is 16.1. The second-order valence-corrected chi connectivity index (χ2v) is 11.4. The molecule has 1 aliphatic carbocycles. The Morgan fingerprint density at radius 1 is 1.02 bits per heavy atom. The normalized spacial score (nSPS) is 14.2. The van der Waals surface area contributed by atoms with E-state index in [9.17, 15) is 4.79 Å². The van der Waals surface area contributed by atoms with Gasteiger partial charge in [0.15, 0.2) is 11.6 Å². The first-order valence-corrected chi connectivity index (χ1v) is 14.1. The van der Waals surface area contributed by atoms with Gasteiger partial charge in [-0.2, -0.15) is 5.10 Å². The zero-order chi connectivity index (χ0) is 27.2. The van der Waals surface area contributed by atoms with Crippen LogP contribution in [0.25, 0.3) is 55.3 Å². The summed E-state index contributed by atoms with van der Waals surface area (Å²) in [5.41, 5.74) is 4.11. The first-order valence-electron chi connectivity index (χ1n) is 13.3. The minimum atomic E-state index is -0.550. The first-order chi connectivity index (χ1) is 19.5. The van der Waals surface area contributed by atoms with Gasteiger partial charge >= 0.3 is 0 Å². The van der Waals surface area contributed by atoms with Gasteiger partial charge in [-0.3, -0.25) is 24.8 Å². The van der Waals surface area contributed by atoms with E-state index in [1.165, 1.54) is 17.5 Å².